The van der Waals surface area contributed by atoms with Crippen LogP contribution in [0, 0.1) is 11.8 Å². The summed E-state index contributed by atoms with van der Waals surface area (Å²) in [6.07, 6.45) is 7.18. The van der Waals surface area contributed by atoms with Crippen molar-refractivity contribution in [1.82, 2.24) is 14.7 Å². The highest BCUT2D eigenvalue weighted by Gasteiger charge is 2.43. The van der Waals surface area contributed by atoms with Gasteiger partial charge in [0.2, 0.25) is 0 Å². The van der Waals surface area contributed by atoms with E-state index in [4.69, 9.17) is 0 Å². The minimum atomic E-state index is 0. The highest BCUT2D eigenvalue weighted by atomic mass is 15.1. The average Bonchev–Trinajstić information content (AvgIpc) is 2.91. The maximum atomic E-state index is 2.43. The Bertz CT molecular complexity index is 221. The quantitative estimate of drug-likeness (QED) is 0.656. The Morgan fingerprint density at radius 1 is 0.565 bits per heavy atom. The lowest BCUT2D eigenvalue weighted by Gasteiger charge is -2.06. The number of hydrogen-bond donors (Lipinski definition) is 0. The molecule has 3 heterocycles. The van der Waals surface area contributed by atoms with Crippen molar-refractivity contribution in [3.05, 3.63) is 0 Å². The molecule has 3 nitrogen and oxygen atoms in total. The van der Waals surface area contributed by atoms with Gasteiger partial charge in [0.25, 0.3) is 0 Å². The largest absolute Gasteiger partial charge is 0.306 e. The molecule has 23 heavy (non-hydrogen) atoms. The molecule has 3 aliphatic heterocycles. The summed E-state index contributed by atoms with van der Waals surface area (Å²) in [5.74, 6) is 2.23. The van der Waals surface area contributed by atoms with E-state index in [9.17, 15) is 0 Å². The zero-order chi connectivity index (χ0) is 15.7. The zero-order valence-electron chi connectivity index (χ0n) is 15.3. The fraction of sp³-hybridized carbons (Fsp3) is 1.00. The number of hydrogen-bond acceptors (Lipinski definition) is 3. The number of rotatable bonds is 0. The van der Waals surface area contributed by atoms with Crippen molar-refractivity contribution >= 4 is 0 Å². The van der Waals surface area contributed by atoms with Crippen LogP contribution in [-0.4, -0.2) is 75.1 Å². The SMILES string of the molecule is C.C.CC.CN1CC2CC2C1.CN1CCCC1.CN1CCCC1. The van der Waals surface area contributed by atoms with Crippen molar-refractivity contribution in [1.29, 1.82) is 0 Å². The van der Waals surface area contributed by atoms with Crippen molar-refractivity contribution < 1.29 is 0 Å². The number of piperidine rings is 1. The van der Waals surface area contributed by atoms with Gasteiger partial charge in [-0.15, -0.1) is 0 Å². The van der Waals surface area contributed by atoms with Crippen LogP contribution < -0.4 is 0 Å². The first-order chi connectivity index (χ1) is 10.1. The minimum Gasteiger partial charge on any atom is -0.306 e. The minimum absolute atomic E-state index is 0. The third-order valence-electron chi connectivity index (χ3n) is 4.82. The molecule has 3 heteroatoms. The van der Waals surface area contributed by atoms with Gasteiger partial charge in [-0.3, -0.25) is 0 Å². The van der Waals surface area contributed by atoms with Crippen LogP contribution in [0.1, 0.15) is 60.8 Å². The Hall–Kier alpha value is -0.120. The summed E-state index contributed by atoms with van der Waals surface area (Å²) in [6, 6.07) is 0. The Labute approximate surface area is 148 Å². The number of likely N-dealkylation sites (tertiary alicyclic amines) is 3. The third-order valence-corrected chi connectivity index (χ3v) is 4.82. The number of nitrogens with zero attached hydrogens (tertiary/aromatic N) is 3. The summed E-state index contributed by atoms with van der Waals surface area (Å²) in [5, 5.41) is 0. The molecule has 0 aromatic rings. The van der Waals surface area contributed by atoms with Gasteiger partial charge in [0.15, 0.2) is 0 Å². The van der Waals surface area contributed by atoms with Gasteiger partial charge in [-0.05, 0) is 91.3 Å². The molecular formula is C20H47N3. The second-order valence-corrected chi connectivity index (χ2v) is 7.00. The van der Waals surface area contributed by atoms with E-state index in [0.29, 0.717) is 0 Å². The summed E-state index contributed by atoms with van der Waals surface area (Å²) in [6.45, 7) is 12.0. The first kappa shape index (κ1) is 25.1. The lowest BCUT2D eigenvalue weighted by molar-refractivity contribution is 0.373. The lowest BCUT2D eigenvalue weighted by atomic mass is 10.4. The first-order valence-corrected chi connectivity index (χ1v) is 9.21. The Morgan fingerprint density at radius 2 is 0.870 bits per heavy atom. The summed E-state index contributed by atoms with van der Waals surface area (Å²) in [4.78, 5) is 7.15. The van der Waals surface area contributed by atoms with Crippen molar-refractivity contribution in [2.24, 2.45) is 11.8 Å². The summed E-state index contributed by atoms with van der Waals surface area (Å²) in [5.41, 5.74) is 0. The van der Waals surface area contributed by atoms with Crippen LogP contribution in [0.3, 0.4) is 0 Å². The van der Waals surface area contributed by atoms with Gasteiger partial charge >= 0.3 is 0 Å². The van der Waals surface area contributed by atoms with Gasteiger partial charge in [-0.1, -0.05) is 28.7 Å². The molecule has 0 bridgehead atoms. The van der Waals surface area contributed by atoms with Crippen molar-refractivity contribution in [3.8, 4) is 0 Å². The molecule has 0 N–H and O–H groups in total. The molecule has 4 aliphatic rings. The molecular weight excluding hydrogens is 282 g/mol. The van der Waals surface area contributed by atoms with Gasteiger partial charge in [-0.2, -0.15) is 0 Å². The second-order valence-electron chi connectivity index (χ2n) is 7.00. The van der Waals surface area contributed by atoms with E-state index >= 15 is 0 Å². The van der Waals surface area contributed by atoms with E-state index in [-0.39, 0.29) is 14.9 Å². The van der Waals surface area contributed by atoms with Crippen LogP contribution >= 0.6 is 0 Å². The topological polar surface area (TPSA) is 9.72 Å². The molecule has 142 valence electrons. The first-order valence-electron chi connectivity index (χ1n) is 9.21. The molecule has 0 spiro atoms. The van der Waals surface area contributed by atoms with E-state index in [0.717, 1.165) is 11.8 Å². The third kappa shape index (κ3) is 11.1. The van der Waals surface area contributed by atoms with Crippen molar-refractivity contribution in [2.75, 3.05) is 60.4 Å². The molecule has 4 fully saturated rings. The molecule has 1 aliphatic carbocycles. The van der Waals surface area contributed by atoms with E-state index in [2.05, 4.69) is 35.8 Å². The van der Waals surface area contributed by atoms with Crippen molar-refractivity contribution in [3.63, 3.8) is 0 Å². The van der Waals surface area contributed by atoms with Crippen LogP contribution in [-0.2, 0) is 0 Å². The van der Waals surface area contributed by atoms with Gasteiger partial charge in [0.1, 0.15) is 0 Å². The van der Waals surface area contributed by atoms with Gasteiger partial charge in [0.05, 0.1) is 0 Å². The normalized spacial score (nSPS) is 28.6. The van der Waals surface area contributed by atoms with E-state index in [1.807, 2.05) is 13.8 Å². The van der Waals surface area contributed by atoms with E-state index < -0.39 is 0 Å². The predicted molar refractivity (Wildman–Crippen MR) is 107 cm³/mol. The van der Waals surface area contributed by atoms with Crippen LogP contribution in [0.25, 0.3) is 0 Å². The Balaban J connectivity index is 0. The molecule has 1 saturated carbocycles. The van der Waals surface area contributed by atoms with E-state index in [1.165, 1.54) is 71.4 Å². The molecule has 0 aromatic carbocycles. The molecule has 0 radical (unpaired) electrons. The van der Waals surface area contributed by atoms with Crippen LogP contribution in [0.2, 0.25) is 0 Å². The smallest absolute Gasteiger partial charge is 0.000997 e. The molecule has 0 aromatic heterocycles. The van der Waals surface area contributed by atoms with Crippen LogP contribution in [0.5, 0.6) is 0 Å². The Morgan fingerprint density at radius 3 is 1.00 bits per heavy atom. The van der Waals surface area contributed by atoms with Gasteiger partial charge in [-0.25, -0.2) is 0 Å². The molecule has 3 saturated heterocycles. The lowest BCUT2D eigenvalue weighted by Crippen LogP contribution is -2.15. The molecule has 0 amide bonds. The van der Waals surface area contributed by atoms with Gasteiger partial charge < -0.3 is 14.7 Å². The second kappa shape index (κ2) is 14.2. The average molecular weight is 330 g/mol. The fourth-order valence-electron chi connectivity index (χ4n) is 3.38. The monoisotopic (exact) mass is 329 g/mol. The van der Waals surface area contributed by atoms with Crippen LogP contribution in [0.4, 0.5) is 0 Å². The molecule has 2 unspecified atom stereocenters. The molecule has 2 atom stereocenters. The predicted octanol–water partition coefficient (Wildman–Crippen LogP) is 4.29. The van der Waals surface area contributed by atoms with E-state index in [1.54, 1.807) is 0 Å². The summed E-state index contributed by atoms with van der Waals surface area (Å²) >= 11 is 0. The highest BCUT2D eigenvalue weighted by Crippen LogP contribution is 2.43. The fourth-order valence-corrected chi connectivity index (χ4v) is 3.38. The summed E-state index contributed by atoms with van der Waals surface area (Å²) < 4.78 is 0. The maximum absolute atomic E-state index is 2.43. The zero-order valence-corrected chi connectivity index (χ0v) is 15.3. The Kier molecular flexibility index (Phi) is 15.6. The maximum Gasteiger partial charge on any atom is 0.000997 e. The van der Waals surface area contributed by atoms with Crippen molar-refractivity contribution in [2.45, 2.75) is 60.8 Å². The van der Waals surface area contributed by atoms with Gasteiger partial charge in [0, 0.05) is 13.1 Å². The number of fused-ring (bicyclic) bond motifs is 1. The highest BCUT2D eigenvalue weighted by molar-refractivity contribution is 4.95. The molecule has 4 rings (SSSR count). The van der Waals surface area contributed by atoms with Crippen LogP contribution in [0.15, 0.2) is 0 Å². The summed E-state index contributed by atoms with van der Waals surface area (Å²) in [7, 11) is 6.56. The standard InChI is InChI=1S/C6H11N.2C5H11N.C2H6.2CH4/c1-7-3-5-2-6(5)4-7;2*1-6-4-2-3-5-6;1-2;;/h5-6H,2-4H2,1H3;2*2-5H2,1H3;1-2H3;2*1H4.